The topological polar surface area (TPSA) is 61.3 Å². The Bertz CT molecular complexity index is 924. The van der Waals surface area contributed by atoms with Gasteiger partial charge in [0.25, 0.3) is 0 Å². The average molecular weight is 352 g/mol. The van der Waals surface area contributed by atoms with Gasteiger partial charge in [-0.2, -0.15) is 0 Å². The standard InChI is InChI=1S/C19H16N2O3S/c22-16(13-6-7-17-18(10-13)24-9-3-8-23-17)11-25-19-14-4-1-2-5-15(14)20-12-21-19/h1-2,4-7,10,12H,3,8-9,11H2. The number of benzene rings is 2. The first kappa shape index (κ1) is 15.9. The zero-order valence-corrected chi connectivity index (χ0v) is 14.3. The molecule has 0 unspecified atom stereocenters. The number of fused-ring (bicyclic) bond motifs is 2. The van der Waals surface area contributed by atoms with E-state index >= 15 is 0 Å². The lowest BCUT2D eigenvalue weighted by Crippen LogP contribution is -2.04. The van der Waals surface area contributed by atoms with E-state index in [-0.39, 0.29) is 5.78 Å². The minimum Gasteiger partial charge on any atom is -0.490 e. The third kappa shape index (κ3) is 3.44. The van der Waals surface area contributed by atoms with Crippen molar-refractivity contribution in [1.29, 1.82) is 0 Å². The quantitative estimate of drug-likeness (QED) is 0.405. The highest BCUT2D eigenvalue weighted by Crippen LogP contribution is 2.31. The van der Waals surface area contributed by atoms with Gasteiger partial charge >= 0.3 is 0 Å². The third-order valence-electron chi connectivity index (χ3n) is 3.92. The summed E-state index contributed by atoms with van der Waals surface area (Å²) >= 11 is 1.42. The molecule has 0 bridgehead atoms. The molecule has 0 spiro atoms. The van der Waals surface area contributed by atoms with Gasteiger partial charge < -0.3 is 9.47 Å². The zero-order valence-electron chi connectivity index (χ0n) is 13.5. The molecule has 1 aliphatic rings. The minimum atomic E-state index is 0.0309. The van der Waals surface area contributed by atoms with E-state index in [2.05, 4.69) is 9.97 Å². The molecule has 0 amide bonds. The van der Waals surface area contributed by atoms with Crippen molar-refractivity contribution < 1.29 is 14.3 Å². The van der Waals surface area contributed by atoms with E-state index < -0.39 is 0 Å². The van der Waals surface area contributed by atoms with Gasteiger partial charge in [0.05, 0.1) is 24.5 Å². The summed E-state index contributed by atoms with van der Waals surface area (Å²) in [5.41, 5.74) is 1.50. The molecule has 0 saturated heterocycles. The van der Waals surface area contributed by atoms with Crippen LogP contribution in [-0.2, 0) is 0 Å². The molecule has 0 atom stereocenters. The van der Waals surface area contributed by atoms with Gasteiger partial charge in [-0.3, -0.25) is 4.79 Å². The number of hydrogen-bond donors (Lipinski definition) is 0. The first-order valence-electron chi connectivity index (χ1n) is 8.07. The zero-order chi connectivity index (χ0) is 17.1. The molecule has 0 fully saturated rings. The first-order chi connectivity index (χ1) is 12.3. The third-order valence-corrected chi connectivity index (χ3v) is 4.92. The summed E-state index contributed by atoms with van der Waals surface area (Å²) in [6.45, 7) is 1.24. The van der Waals surface area contributed by atoms with Gasteiger partial charge in [-0.05, 0) is 24.3 Å². The molecule has 0 aliphatic carbocycles. The predicted molar refractivity (Wildman–Crippen MR) is 96.6 cm³/mol. The van der Waals surface area contributed by atoms with E-state index in [1.165, 1.54) is 18.1 Å². The number of thioether (sulfide) groups is 1. The summed E-state index contributed by atoms with van der Waals surface area (Å²) in [5, 5.41) is 1.77. The smallest absolute Gasteiger partial charge is 0.173 e. The Morgan fingerprint density at radius 3 is 2.80 bits per heavy atom. The van der Waals surface area contributed by atoms with Gasteiger partial charge in [0.2, 0.25) is 0 Å². The molecule has 2 aromatic carbocycles. The average Bonchev–Trinajstić information content (AvgIpc) is 2.90. The lowest BCUT2D eigenvalue weighted by atomic mass is 10.1. The summed E-state index contributed by atoms with van der Waals surface area (Å²) in [7, 11) is 0. The van der Waals surface area contributed by atoms with Gasteiger partial charge in [0.15, 0.2) is 17.3 Å². The number of carbonyl (C=O) groups excluding carboxylic acids is 1. The van der Waals surface area contributed by atoms with Crippen LogP contribution in [-0.4, -0.2) is 34.7 Å². The number of rotatable bonds is 4. The lowest BCUT2D eigenvalue weighted by molar-refractivity contribution is 0.102. The van der Waals surface area contributed by atoms with E-state index in [9.17, 15) is 4.79 Å². The van der Waals surface area contributed by atoms with E-state index in [0.717, 1.165) is 22.3 Å². The van der Waals surface area contributed by atoms with Crippen LogP contribution in [0.4, 0.5) is 0 Å². The second kappa shape index (κ2) is 7.11. The number of aromatic nitrogens is 2. The fourth-order valence-corrected chi connectivity index (χ4v) is 3.53. The Labute approximate surface area is 149 Å². The summed E-state index contributed by atoms with van der Waals surface area (Å²) in [4.78, 5) is 21.1. The number of nitrogens with zero attached hydrogens (tertiary/aromatic N) is 2. The summed E-state index contributed by atoms with van der Waals surface area (Å²) in [6, 6.07) is 13.1. The Kier molecular flexibility index (Phi) is 4.52. The van der Waals surface area contributed by atoms with Crippen molar-refractivity contribution in [3.05, 3.63) is 54.4 Å². The van der Waals surface area contributed by atoms with Gasteiger partial charge in [-0.1, -0.05) is 30.0 Å². The number of para-hydroxylation sites is 1. The molecule has 0 N–H and O–H groups in total. The molecule has 2 heterocycles. The van der Waals surface area contributed by atoms with Crippen molar-refractivity contribution in [1.82, 2.24) is 9.97 Å². The molecule has 1 aromatic heterocycles. The van der Waals surface area contributed by atoms with Crippen LogP contribution < -0.4 is 9.47 Å². The van der Waals surface area contributed by atoms with Crippen LogP contribution in [0.25, 0.3) is 10.9 Å². The molecular formula is C19H16N2O3S. The van der Waals surface area contributed by atoms with E-state index in [4.69, 9.17) is 9.47 Å². The molecule has 6 heteroatoms. The van der Waals surface area contributed by atoms with Crippen molar-refractivity contribution in [2.45, 2.75) is 11.4 Å². The molecule has 4 rings (SSSR count). The molecule has 25 heavy (non-hydrogen) atoms. The Morgan fingerprint density at radius 1 is 1.04 bits per heavy atom. The maximum Gasteiger partial charge on any atom is 0.173 e. The molecule has 126 valence electrons. The molecule has 1 aliphatic heterocycles. The Morgan fingerprint density at radius 2 is 1.88 bits per heavy atom. The second-order valence-corrected chi connectivity index (χ2v) is 6.58. The van der Waals surface area contributed by atoms with Crippen LogP contribution in [0.1, 0.15) is 16.8 Å². The lowest BCUT2D eigenvalue weighted by Gasteiger charge is -2.09. The van der Waals surface area contributed by atoms with Gasteiger partial charge in [0.1, 0.15) is 11.4 Å². The highest BCUT2D eigenvalue weighted by molar-refractivity contribution is 8.00. The fraction of sp³-hybridized carbons (Fsp3) is 0.211. The van der Waals surface area contributed by atoms with Crippen LogP contribution in [0.2, 0.25) is 0 Å². The molecule has 0 radical (unpaired) electrons. The summed E-state index contributed by atoms with van der Waals surface area (Å²) in [6.07, 6.45) is 2.37. The Hall–Kier alpha value is -2.60. The summed E-state index contributed by atoms with van der Waals surface area (Å²) < 4.78 is 11.3. The largest absolute Gasteiger partial charge is 0.490 e. The number of ether oxygens (including phenoxy) is 2. The van der Waals surface area contributed by atoms with Crippen molar-refractivity contribution >= 4 is 28.4 Å². The second-order valence-electron chi connectivity index (χ2n) is 5.62. The first-order valence-corrected chi connectivity index (χ1v) is 9.05. The van der Waals surface area contributed by atoms with Crippen molar-refractivity contribution in [3.63, 3.8) is 0 Å². The van der Waals surface area contributed by atoms with Crippen LogP contribution in [0.15, 0.2) is 53.8 Å². The maximum atomic E-state index is 12.6. The minimum absolute atomic E-state index is 0.0309. The van der Waals surface area contributed by atoms with Crippen molar-refractivity contribution in [2.75, 3.05) is 19.0 Å². The van der Waals surface area contributed by atoms with E-state index in [1.807, 2.05) is 24.3 Å². The summed E-state index contributed by atoms with van der Waals surface area (Å²) in [5.74, 6) is 1.67. The molecule has 5 nitrogen and oxygen atoms in total. The van der Waals surface area contributed by atoms with E-state index in [1.54, 1.807) is 18.2 Å². The van der Waals surface area contributed by atoms with Crippen molar-refractivity contribution in [3.8, 4) is 11.5 Å². The highest BCUT2D eigenvalue weighted by atomic mass is 32.2. The van der Waals surface area contributed by atoms with Crippen LogP contribution in [0, 0.1) is 0 Å². The maximum absolute atomic E-state index is 12.6. The normalized spacial score (nSPS) is 13.4. The van der Waals surface area contributed by atoms with E-state index in [0.29, 0.717) is 36.0 Å². The fourth-order valence-electron chi connectivity index (χ4n) is 2.65. The SMILES string of the molecule is O=C(CSc1ncnc2ccccc12)c1ccc2c(c1)OCCCO2. The number of ketones is 1. The highest BCUT2D eigenvalue weighted by Gasteiger charge is 2.15. The van der Waals surface area contributed by atoms with Crippen LogP contribution in [0.3, 0.4) is 0 Å². The number of carbonyl (C=O) groups is 1. The van der Waals surface area contributed by atoms with Crippen molar-refractivity contribution in [2.24, 2.45) is 0 Å². The predicted octanol–water partition coefficient (Wildman–Crippen LogP) is 3.77. The van der Waals surface area contributed by atoms with Gasteiger partial charge in [-0.25, -0.2) is 9.97 Å². The number of Topliss-reactive ketones (excluding diaryl/α,β-unsaturated/α-hetero) is 1. The van der Waals surface area contributed by atoms with Gasteiger partial charge in [0, 0.05) is 17.4 Å². The molecule has 3 aromatic rings. The monoisotopic (exact) mass is 352 g/mol. The van der Waals surface area contributed by atoms with Crippen LogP contribution in [0.5, 0.6) is 11.5 Å². The Balaban J connectivity index is 1.51. The number of hydrogen-bond acceptors (Lipinski definition) is 6. The van der Waals surface area contributed by atoms with Crippen LogP contribution >= 0.6 is 11.8 Å². The molecule has 0 saturated carbocycles. The van der Waals surface area contributed by atoms with Gasteiger partial charge in [-0.15, -0.1) is 0 Å². The molecular weight excluding hydrogens is 336 g/mol.